The number of nitrogens with zero attached hydrogens (tertiary/aromatic N) is 5. The molecule has 1 amide bonds. The van der Waals surface area contributed by atoms with Gasteiger partial charge in [0.2, 0.25) is 5.95 Å². The number of carbonyl (C=O) groups excluding carboxylic acids is 1. The summed E-state index contributed by atoms with van der Waals surface area (Å²) in [4.78, 5) is 22.6. The number of carbonyl (C=O) groups is 1. The second-order valence-corrected chi connectivity index (χ2v) is 8.43. The summed E-state index contributed by atoms with van der Waals surface area (Å²) in [7, 11) is 1.12. The molecule has 1 saturated carbocycles. The molecule has 1 unspecified atom stereocenters. The van der Waals surface area contributed by atoms with Crippen LogP contribution < -0.4 is 0 Å². The summed E-state index contributed by atoms with van der Waals surface area (Å²) in [5, 5.41) is 3.44. The third-order valence-electron chi connectivity index (χ3n) is 5.83. The van der Waals surface area contributed by atoms with Crippen molar-refractivity contribution in [1.29, 1.82) is 0 Å². The maximum Gasteiger partial charge on any atom is 0.417 e. The molecular formula is C23H21F6N5O. The molecule has 0 aromatic carbocycles. The first kappa shape index (κ1) is 24.7. The predicted molar refractivity (Wildman–Crippen MR) is 113 cm³/mol. The highest BCUT2D eigenvalue weighted by atomic mass is 19.4. The van der Waals surface area contributed by atoms with Gasteiger partial charge in [0.1, 0.15) is 11.3 Å². The maximum atomic E-state index is 14.6. The first-order chi connectivity index (χ1) is 16.5. The van der Waals surface area contributed by atoms with Gasteiger partial charge in [-0.3, -0.25) is 14.8 Å². The van der Waals surface area contributed by atoms with Crippen molar-refractivity contribution in [1.82, 2.24) is 24.6 Å². The third kappa shape index (κ3) is 5.01. The van der Waals surface area contributed by atoms with Crippen LogP contribution in [0.2, 0.25) is 0 Å². The molecular weight excluding hydrogens is 476 g/mol. The van der Waals surface area contributed by atoms with Gasteiger partial charge in [0.15, 0.2) is 0 Å². The van der Waals surface area contributed by atoms with Gasteiger partial charge < -0.3 is 4.90 Å². The molecule has 4 rings (SSSR count). The Bertz CT molecular complexity index is 1220. The molecule has 186 valence electrons. The number of pyridine rings is 2. The molecule has 1 fully saturated rings. The number of amides is 1. The molecule has 6 nitrogen and oxygen atoms in total. The first-order valence-electron chi connectivity index (χ1n) is 10.8. The molecule has 3 aromatic heterocycles. The molecule has 35 heavy (non-hydrogen) atoms. The minimum Gasteiger partial charge on any atom is -0.332 e. The van der Waals surface area contributed by atoms with E-state index in [0.717, 1.165) is 13.1 Å². The van der Waals surface area contributed by atoms with Crippen molar-refractivity contribution in [2.75, 3.05) is 0 Å². The van der Waals surface area contributed by atoms with E-state index in [1.54, 1.807) is 19.1 Å². The van der Waals surface area contributed by atoms with Crippen molar-refractivity contribution in [3.63, 3.8) is 0 Å². The zero-order valence-electron chi connectivity index (χ0n) is 18.7. The number of rotatable bonds is 7. The van der Waals surface area contributed by atoms with Gasteiger partial charge in [0, 0.05) is 55.3 Å². The topological polar surface area (TPSA) is 63.9 Å². The summed E-state index contributed by atoms with van der Waals surface area (Å²) in [5.74, 6) is -2.11. The Balaban J connectivity index is 1.70. The van der Waals surface area contributed by atoms with Crippen molar-refractivity contribution in [2.45, 2.75) is 50.9 Å². The number of hydrogen-bond donors (Lipinski definition) is 0. The Morgan fingerprint density at radius 2 is 1.97 bits per heavy atom. The quantitative estimate of drug-likeness (QED) is 0.421. The van der Waals surface area contributed by atoms with Crippen LogP contribution in [-0.2, 0) is 19.6 Å². The second-order valence-electron chi connectivity index (χ2n) is 8.43. The molecule has 3 heterocycles. The predicted octanol–water partition coefficient (Wildman–Crippen LogP) is 5.21. The van der Waals surface area contributed by atoms with E-state index in [2.05, 4.69) is 15.1 Å². The second kappa shape index (κ2) is 9.31. The highest BCUT2D eigenvalue weighted by molar-refractivity contribution is 5.96. The van der Waals surface area contributed by atoms with Crippen molar-refractivity contribution in [3.05, 3.63) is 65.3 Å². The minimum atomic E-state index is -4.62. The van der Waals surface area contributed by atoms with Gasteiger partial charge in [-0.05, 0) is 31.9 Å². The Hall–Kier alpha value is -3.44. The highest BCUT2D eigenvalue weighted by Gasteiger charge is 2.41. The van der Waals surface area contributed by atoms with Gasteiger partial charge in [0.25, 0.3) is 12.3 Å². The van der Waals surface area contributed by atoms with E-state index >= 15 is 0 Å². The van der Waals surface area contributed by atoms with Crippen molar-refractivity contribution >= 4 is 5.91 Å². The normalized spacial score (nSPS) is 14.9. The van der Waals surface area contributed by atoms with E-state index in [9.17, 15) is 31.1 Å². The first-order valence-corrected chi connectivity index (χ1v) is 10.8. The number of aryl methyl sites for hydroxylation is 1. The van der Waals surface area contributed by atoms with Crippen molar-refractivity contribution < 1.29 is 31.1 Å². The van der Waals surface area contributed by atoms with Gasteiger partial charge in [-0.2, -0.15) is 22.7 Å². The Morgan fingerprint density at radius 3 is 2.54 bits per heavy atom. The van der Waals surface area contributed by atoms with Gasteiger partial charge in [-0.1, -0.05) is 6.07 Å². The summed E-state index contributed by atoms with van der Waals surface area (Å²) in [6.07, 6.45) is -2.99. The molecule has 1 aliphatic carbocycles. The standard InChI is InChI=1S/C23H21F6N5O/c1-12(34(15-5-6-15)22(35)18-19(20(24)25)32-33(2)21(18)26)8-17-16(13-4-3-7-30-10-13)9-14(11-31-17)23(27,28)29/h3-4,7,9-12,15,20H,5-6,8H2,1-2H3. The van der Waals surface area contributed by atoms with E-state index in [1.807, 2.05) is 0 Å². The molecule has 12 heteroatoms. The van der Waals surface area contributed by atoms with Crippen LogP contribution in [0.1, 0.15) is 53.5 Å². The summed E-state index contributed by atoms with van der Waals surface area (Å²) in [6.45, 7) is 1.62. The van der Waals surface area contributed by atoms with Crippen LogP contribution in [0.3, 0.4) is 0 Å². The molecule has 3 aromatic rings. The molecule has 0 bridgehead atoms. The van der Waals surface area contributed by atoms with E-state index in [1.165, 1.54) is 17.3 Å². The zero-order chi connectivity index (χ0) is 25.5. The van der Waals surface area contributed by atoms with E-state index in [0.29, 0.717) is 29.3 Å². The van der Waals surface area contributed by atoms with E-state index in [-0.39, 0.29) is 23.7 Å². The fraction of sp³-hybridized carbons (Fsp3) is 0.391. The van der Waals surface area contributed by atoms with Gasteiger partial charge in [0.05, 0.1) is 11.3 Å². The largest absolute Gasteiger partial charge is 0.417 e. The van der Waals surface area contributed by atoms with E-state index < -0.39 is 47.3 Å². The number of aromatic nitrogens is 4. The SMILES string of the molecule is CC(Cc1ncc(C(F)(F)F)cc1-c1cccnc1)N(C(=O)c1c(C(F)F)nn(C)c1F)C1CC1. The lowest BCUT2D eigenvalue weighted by Crippen LogP contribution is -2.42. The van der Waals surface area contributed by atoms with Gasteiger partial charge >= 0.3 is 6.18 Å². The number of halogens is 6. The molecule has 0 saturated heterocycles. The average Bonchev–Trinajstić information content (AvgIpc) is 3.58. The lowest BCUT2D eigenvalue weighted by atomic mass is 9.98. The molecule has 0 radical (unpaired) electrons. The minimum absolute atomic E-state index is 0.0104. The van der Waals surface area contributed by atoms with Crippen LogP contribution in [0.25, 0.3) is 11.1 Å². The molecule has 0 N–H and O–H groups in total. The summed E-state index contributed by atoms with van der Waals surface area (Å²) >= 11 is 0. The van der Waals surface area contributed by atoms with Gasteiger partial charge in [-0.25, -0.2) is 13.5 Å². The monoisotopic (exact) mass is 497 g/mol. The average molecular weight is 497 g/mol. The van der Waals surface area contributed by atoms with Crippen molar-refractivity contribution in [3.8, 4) is 11.1 Å². The van der Waals surface area contributed by atoms with Crippen LogP contribution in [-0.4, -0.2) is 42.6 Å². The smallest absolute Gasteiger partial charge is 0.332 e. The Labute approximate surface area is 196 Å². The fourth-order valence-corrected chi connectivity index (χ4v) is 4.04. The van der Waals surface area contributed by atoms with Crippen molar-refractivity contribution in [2.24, 2.45) is 7.05 Å². The summed E-state index contributed by atoms with van der Waals surface area (Å²) in [6, 6.07) is 3.13. The third-order valence-corrected chi connectivity index (χ3v) is 5.83. The van der Waals surface area contributed by atoms with Crippen LogP contribution in [0.5, 0.6) is 0 Å². The highest BCUT2D eigenvalue weighted by Crippen LogP contribution is 2.36. The lowest BCUT2D eigenvalue weighted by molar-refractivity contribution is -0.137. The number of hydrogen-bond acceptors (Lipinski definition) is 4. The summed E-state index contributed by atoms with van der Waals surface area (Å²) in [5.41, 5.74) is -1.84. The number of alkyl halides is 5. The van der Waals surface area contributed by atoms with E-state index in [4.69, 9.17) is 0 Å². The fourth-order valence-electron chi connectivity index (χ4n) is 4.04. The zero-order valence-corrected chi connectivity index (χ0v) is 18.7. The molecule has 1 atom stereocenters. The van der Waals surface area contributed by atoms with Crippen LogP contribution in [0, 0.1) is 5.95 Å². The molecule has 1 aliphatic rings. The maximum absolute atomic E-state index is 14.6. The van der Waals surface area contributed by atoms with Crippen LogP contribution in [0.15, 0.2) is 36.8 Å². The summed E-state index contributed by atoms with van der Waals surface area (Å²) < 4.78 is 82.1. The Morgan fingerprint density at radius 1 is 1.26 bits per heavy atom. The lowest BCUT2D eigenvalue weighted by Gasteiger charge is -2.30. The molecule has 0 spiro atoms. The van der Waals surface area contributed by atoms with Crippen LogP contribution >= 0.6 is 0 Å². The Kier molecular flexibility index (Phi) is 6.56. The molecule has 0 aliphatic heterocycles. The van der Waals surface area contributed by atoms with Crippen LogP contribution in [0.4, 0.5) is 26.3 Å². The van der Waals surface area contributed by atoms with Gasteiger partial charge in [-0.15, -0.1) is 0 Å².